The summed E-state index contributed by atoms with van der Waals surface area (Å²) in [6.07, 6.45) is 0.955. The first-order chi connectivity index (χ1) is 9.00. The second-order valence-corrected chi connectivity index (χ2v) is 3.76. The quantitative estimate of drug-likeness (QED) is 0.725. The minimum atomic E-state index is -4.35. The fourth-order valence-electron chi connectivity index (χ4n) is 1.51. The van der Waals surface area contributed by atoms with Crippen LogP contribution in [0.4, 0.5) is 13.2 Å². The highest BCUT2D eigenvalue weighted by Crippen LogP contribution is 2.31. The van der Waals surface area contributed by atoms with Gasteiger partial charge in [0, 0.05) is 0 Å². The normalized spacial score (nSPS) is 10.8. The number of para-hydroxylation sites is 1. The third-order valence-electron chi connectivity index (χ3n) is 2.45. The van der Waals surface area contributed by atoms with E-state index in [-0.39, 0.29) is 0 Å². The molecule has 2 aromatic carbocycles. The Morgan fingerprint density at radius 1 is 0.947 bits per heavy atom. The first-order valence-electron chi connectivity index (χ1n) is 5.41. The molecule has 0 spiro atoms. The van der Waals surface area contributed by atoms with Gasteiger partial charge in [-0.15, -0.1) is 6.42 Å². The monoisotopic (exact) mass is 262 g/mol. The predicted octanol–water partition coefficient (Wildman–Crippen LogP) is 4.48. The molecule has 1 nitrogen and oxygen atoms in total. The molecule has 0 heterocycles. The second kappa shape index (κ2) is 5.07. The smallest absolute Gasteiger partial charge is 0.416 e. The average molecular weight is 262 g/mol. The number of ether oxygens (including phenoxy) is 1. The lowest BCUT2D eigenvalue weighted by atomic mass is 10.2. The summed E-state index contributed by atoms with van der Waals surface area (Å²) in [7, 11) is 0. The van der Waals surface area contributed by atoms with Crippen LogP contribution in [0.2, 0.25) is 0 Å². The van der Waals surface area contributed by atoms with Gasteiger partial charge in [-0.25, -0.2) is 0 Å². The van der Waals surface area contributed by atoms with Crippen LogP contribution in [0.3, 0.4) is 0 Å². The van der Waals surface area contributed by atoms with Gasteiger partial charge in [0.15, 0.2) is 0 Å². The minimum absolute atomic E-state index is 0.302. The Balaban J connectivity index is 2.23. The highest BCUT2D eigenvalue weighted by Gasteiger charge is 2.30. The van der Waals surface area contributed by atoms with Crippen LogP contribution in [0.5, 0.6) is 11.5 Å². The van der Waals surface area contributed by atoms with E-state index in [9.17, 15) is 13.2 Å². The van der Waals surface area contributed by atoms with Gasteiger partial charge >= 0.3 is 6.18 Å². The van der Waals surface area contributed by atoms with Crippen LogP contribution < -0.4 is 4.74 Å². The van der Waals surface area contributed by atoms with E-state index in [1.165, 1.54) is 12.1 Å². The van der Waals surface area contributed by atoms with Crippen molar-refractivity contribution < 1.29 is 17.9 Å². The summed E-state index contributed by atoms with van der Waals surface area (Å²) in [5.41, 5.74) is -0.174. The van der Waals surface area contributed by atoms with Crippen molar-refractivity contribution in [3.05, 3.63) is 59.7 Å². The number of alkyl halides is 3. The lowest BCUT2D eigenvalue weighted by Gasteiger charge is -2.10. The summed E-state index contributed by atoms with van der Waals surface area (Å²) in [6, 6.07) is 11.3. The first kappa shape index (κ1) is 13.0. The molecule has 0 saturated carbocycles. The van der Waals surface area contributed by atoms with E-state index in [4.69, 9.17) is 11.2 Å². The SMILES string of the molecule is C#Cc1ccccc1Oc1ccc(C(F)(F)F)cc1. The Labute approximate surface area is 108 Å². The molecule has 4 heteroatoms. The van der Waals surface area contributed by atoms with Crippen molar-refractivity contribution >= 4 is 0 Å². The molecule has 0 amide bonds. The zero-order valence-electron chi connectivity index (χ0n) is 9.74. The minimum Gasteiger partial charge on any atom is -0.456 e. The van der Waals surface area contributed by atoms with Crippen LogP contribution >= 0.6 is 0 Å². The summed E-state index contributed by atoms with van der Waals surface area (Å²) in [5, 5.41) is 0. The molecular weight excluding hydrogens is 253 g/mol. The van der Waals surface area contributed by atoms with Crippen LogP contribution in [0.15, 0.2) is 48.5 Å². The predicted molar refractivity (Wildman–Crippen MR) is 65.9 cm³/mol. The van der Waals surface area contributed by atoms with E-state index in [1.54, 1.807) is 24.3 Å². The molecule has 0 atom stereocenters. The number of terminal acetylenes is 1. The molecule has 0 saturated heterocycles. The summed E-state index contributed by atoms with van der Waals surface area (Å²) in [4.78, 5) is 0. The van der Waals surface area contributed by atoms with Crippen molar-refractivity contribution in [3.8, 4) is 23.8 Å². The summed E-state index contributed by atoms with van der Waals surface area (Å²) in [5.74, 6) is 3.18. The number of rotatable bonds is 2. The summed E-state index contributed by atoms with van der Waals surface area (Å²) in [6.45, 7) is 0. The number of hydrogen-bond acceptors (Lipinski definition) is 1. The molecular formula is C15H9F3O. The van der Waals surface area contributed by atoms with Gasteiger partial charge in [-0.3, -0.25) is 0 Å². The molecule has 0 bridgehead atoms. The zero-order chi connectivity index (χ0) is 13.9. The van der Waals surface area contributed by atoms with Crippen molar-refractivity contribution in [2.45, 2.75) is 6.18 Å². The van der Waals surface area contributed by atoms with Crippen LogP contribution in [-0.2, 0) is 6.18 Å². The van der Waals surface area contributed by atoms with Crippen LogP contribution in [0.1, 0.15) is 11.1 Å². The Hall–Kier alpha value is -2.41. The number of benzene rings is 2. The lowest BCUT2D eigenvalue weighted by Crippen LogP contribution is -2.04. The largest absolute Gasteiger partial charge is 0.456 e. The van der Waals surface area contributed by atoms with Gasteiger partial charge in [-0.05, 0) is 36.4 Å². The Kier molecular flexibility index (Phi) is 3.48. The van der Waals surface area contributed by atoms with E-state index in [0.717, 1.165) is 12.1 Å². The second-order valence-electron chi connectivity index (χ2n) is 3.76. The van der Waals surface area contributed by atoms with Crippen molar-refractivity contribution in [1.82, 2.24) is 0 Å². The Morgan fingerprint density at radius 2 is 1.58 bits per heavy atom. The van der Waals surface area contributed by atoms with Gasteiger partial charge in [-0.1, -0.05) is 18.1 Å². The zero-order valence-corrected chi connectivity index (χ0v) is 9.74. The van der Waals surface area contributed by atoms with Crippen LogP contribution in [0, 0.1) is 12.3 Å². The highest BCUT2D eigenvalue weighted by molar-refractivity contribution is 5.46. The standard InChI is InChI=1S/C15H9F3O/c1-2-11-5-3-4-6-14(11)19-13-9-7-12(8-10-13)15(16,17)18/h1,3-10H. The maximum atomic E-state index is 12.4. The maximum Gasteiger partial charge on any atom is 0.416 e. The van der Waals surface area contributed by atoms with Gasteiger partial charge in [0.1, 0.15) is 11.5 Å². The third-order valence-corrected chi connectivity index (χ3v) is 2.45. The van der Waals surface area contributed by atoms with Gasteiger partial charge in [0.25, 0.3) is 0 Å². The van der Waals surface area contributed by atoms with Gasteiger partial charge in [-0.2, -0.15) is 13.2 Å². The molecule has 0 aromatic heterocycles. The van der Waals surface area contributed by atoms with E-state index >= 15 is 0 Å². The third kappa shape index (κ3) is 3.08. The molecule has 0 aliphatic carbocycles. The van der Waals surface area contributed by atoms with Gasteiger partial charge < -0.3 is 4.74 Å². The topological polar surface area (TPSA) is 9.23 Å². The van der Waals surface area contributed by atoms with Crippen molar-refractivity contribution in [2.75, 3.05) is 0 Å². The fourth-order valence-corrected chi connectivity index (χ4v) is 1.51. The Morgan fingerprint density at radius 3 is 2.16 bits per heavy atom. The molecule has 2 aromatic rings. The summed E-state index contributed by atoms with van der Waals surface area (Å²) >= 11 is 0. The molecule has 0 radical (unpaired) electrons. The van der Waals surface area contributed by atoms with E-state index in [0.29, 0.717) is 17.1 Å². The lowest BCUT2D eigenvalue weighted by molar-refractivity contribution is -0.137. The number of hydrogen-bond donors (Lipinski definition) is 0. The number of halogens is 3. The molecule has 96 valence electrons. The van der Waals surface area contributed by atoms with Gasteiger partial charge in [0.05, 0.1) is 11.1 Å². The summed E-state index contributed by atoms with van der Waals surface area (Å²) < 4.78 is 42.7. The van der Waals surface area contributed by atoms with Crippen molar-refractivity contribution in [3.63, 3.8) is 0 Å². The average Bonchev–Trinajstić information content (AvgIpc) is 2.39. The molecule has 19 heavy (non-hydrogen) atoms. The van der Waals surface area contributed by atoms with Crippen molar-refractivity contribution in [1.29, 1.82) is 0 Å². The molecule has 2 rings (SSSR count). The van der Waals surface area contributed by atoms with Gasteiger partial charge in [0.2, 0.25) is 0 Å². The molecule has 0 aliphatic heterocycles. The van der Waals surface area contributed by atoms with E-state index in [1.807, 2.05) is 0 Å². The molecule has 0 N–H and O–H groups in total. The van der Waals surface area contributed by atoms with Crippen LogP contribution in [0.25, 0.3) is 0 Å². The van der Waals surface area contributed by atoms with Crippen LogP contribution in [-0.4, -0.2) is 0 Å². The first-order valence-corrected chi connectivity index (χ1v) is 5.41. The molecule has 0 aliphatic rings. The maximum absolute atomic E-state index is 12.4. The fraction of sp³-hybridized carbons (Fsp3) is 0.0667. The van der Waals surface area contributed by atoms with E-state index < -0.39 is 11.7 Å². The van der Waals surface area contributed by atoms with Crippen molar-refractivity contribution in [2.24, 2.45) is 0 Å². The van der Waals surface area contributed by atoms with E-state index in [2.05, 4.69) is 5.92 Å². The Bertz CT molecular complexity index is 607. The molecule has 0 unspecified atom stereocenters. The molecule has 0 fully saturated rings. The highest BCUT2D eigenvalue weighted by atomic mass is 19.4.